The van der Waals surface area contributed by atoms with Crippen LogP contribution in [-0.2, 0) is 4.74 Å². The van der Waals surface area contributed by atoms with Gasteiger partial charge in [-0.25, -0.2) is 9.18 Å². The predicted molar refractivity (Wildman–Crippen MR) is 46.4 cm³/mol. The number of ether oxygens (including phenoxy) is 1. The van der Waals surface area contributed by atoms with E-state index in [0.29, 0.717) is 5.56 Å². The lowest BCUT2D eigenvalue weighted by Crippen LogP contribution is -1.93. The Morgan fingerprint density at radius 2 is 2.38 bits per heavy atom. The molecule has 0 saturated heterocycles. The minimum absolute atomic E-state index is 0.367. The van der Waals surface area contributed by atoms with Gasteiger partial charge >= 0.3 is 6.09 Å². The zero-order valence-corrected chi connectivity index (χ0v) is 7.03. The number of hydrogen-bond acceptors (Lipinski definition) is 2. The molecule has 0 aromatic heterocycles. The van der Waals surface area contributed by atoms with Crippen LogP contribution < -0.4 is 0 Å². The van der Waals surface area contributed by atoms with Crippen molar-refractivity contribution in [1.29, 1.82) is 0 Å². The molecular formula is C9H8FNO2. The van der Waals surface area contributed by atoms with E-state index < -0.39 is 6.09 Å². The van der Waals surface area contributed by atoms with E-state index in [4.69, 9.17) is 0 Å². The van der Waals surface area contributed by atoms with E-state index in [1.807, 2.05) is 0 Å². The first kappa shape index (κ1) is 9.38. The van der Waals surface area contributed by atoms with Crippen LogP contribution in [0.25, 0.3) is 0 Å². The Morgan fingerprint density at radius 3 is 3.00 bits per heavy atom. The van der Waals surface area contributed by atoms with Crippen LogP contribution in [0.4, 0.5) is 9.18 Å². The molecule has 1 aromatic rings. The van der Waals surface area contributed by atoms with Gasteiger partial charge in [0.1, 0.15) is 5.82 Å². The molecule has 1 rings (SSSR count). The maximum Gasteiger partial charge on any atom is 0.433 e. The Labute approximate surface area is 74.9 Å². The molecule has 0 radical (unpaired) electrons. The Kier molecular flexibility index (Phi) is 3.14. The summed E-state index contributed by atoms with van der Waals surface area (Å²) in [5.74, 6) is -0.367. The number of rotatable bonds is 1. The summed E-state index contributed by atoms with van der Waals surface area (Å²) in [7, 11) is 1.23. The number of aliphatic imine (C=N–C) groups is 1. The number of nitrogens with zero attached hydrogens (tertiary/aromatic N) is 1. The van der Waals surface area contributed by atoms with Gasteiger partial charge in [0.05, 0.1) is 7.11 Å². The van der Waals surface area contributed by atoms with E-state index in [1.54, 1.807) is 6.07 Å². The van der Waals surface area contributed by atoms with E-state index in [0.717, 1.165) is 0 Å². The van der Waals surface area contributed by atoms with Crippen molar-refractivity contribution < 1.29 is 13.9 Å². The number of carbonyl (C=O) groups is 1. The second-order valence-corrected chi connectivity index (χ2v) is 2.28. The van der Waals surface area contributed by atoms with Gasteiger partial charge in [-0.15, -0.1) is 0 Å². The monoisotopic (exact) mass is 181 g/mol. The second-order valence-electron chi connectivity index (χ2n) is 2.28. The molecule has 0 aliphatic carbocycles. The number of benzene rings is 1. The molecule has 0 unspecified atom stereocenters. The fourth-order valence-electron chi connectivity index (χ4n) is 0.767. The Morgan fingerprint density at radius 1 is 1.62 bits per heavy atom. The third kappa shape index (κ3) is 3.02. The van der Waals surface area contributed by atoms with Gasteiger partial charge in [0.15, 0.2) is 0 Å². The highest BCUT2D eigenvalue weighted by molar-refractivity contribution is 5.88. The highest BCUT2D eigenvalue weighted by atomic mass is 19.1. The first-order chi connectivity index (χ1) is 6.22. The topological polar surface area (TPSA) is 38.7 Å². The van der Waals surface area contributed by atoms with Gasteiger partial charge in [-0.2, -0.15) is 4.99 Å². The van der Waals surface area contributed by atoms with Crippen LogP contribution in [0.5, 0.6) is 0 Å². The van der Waals surface area contributed by atoms with Crippen LogP contribution in [-0.4, -0.2) is 19.4 Å². The molecule has 0 heterocycles. The number of carbonyl (C=O) groups excluding carboxylic acids is 1. The Hall–Kier alpha value is -1.71. The average Bonchev–Trinajstić information content (AvgIpc) is 2.14. The Balaban J connectivity index is 2.74. The minimum Gasteiger partial charge on any atom is -0.451 e. The fourth-order valence-corrected chi connectivity index (χ4v) is 0.767. The van der Waals surface area contributed by atoms with Crippen molar-refractivity contribution in [3.8, 4) is 0 Å². The van der Waals surface area contributed by atoms with Crippen molar-refractivity contribution in [1.82, 2.24) is 0 Å². The summed E-state index contributed by atoms with van der Waals surface area (Å²) in [5.41, 5.74) is 0.519. The maximum atomic E-state index is 12.6. The molecule has 0 spiro atoms. The lowest BCUT2D eigenvalue weighted by molar-refractivity contribution is 0.183. The summed E-state index contributed by atoms with van der Waals surface area (Å²) in [6, 6.07) is 5.76. The zero-order chi connectivity index (χ0) is 9.68. The summed E-state index contributed by atoms with van der Waals surface area (Å²) in [5, 5.41) is 0. The highest BCUT2D eigenvalue weighted by Crippen LogP contribution is 2.00. The third-order valence-corrected chi connectivity index (χ3v) is 1.34. The smallest absolute Gasteiger partial charge is 0.433 e. The van der Waals surface area contributed by atoms with E-state index in [-0.39, 0.29) is 5.82 Å². The number of hydrogen-bond donors (Lipinski definition) is 0. The van der Waals surface area contributed by atoms with Crippen LogP contribution in [0, 0.1) is 5.82 Å². The molecular weight excluding hydrogens is 173 g/mol. The molecule has 0 fully saturated rings. The second kappa shape index (κ2) is 4.35. The van der Waals surface area contributed by atoms with Gasteiger partial charge in [0, 0.05) is 6.21 Å². The van der Waals surface area contributed by atoms with Gasteiger partial charge in [0.25, 0.3) is 0 Å². The largest absolute Gasteiger partial charge is 0.451 e. The lowest BCUT2D eigenvalue weighted by Gasteiger charge is -1.92. The molecule has 4 heteroatoms. The van der Waals surface area contributed by atoms with Gasteiger partial charge < -0.3 is 4.74 Å². The van der Waals surface area contributed by atoms with Gasteiger partial charge in [-0.3, -0.25) is 0 Å². The van der Waals surface area contributed by atoms with Crippen LogP contribution in [0.15, 0.2) is 29.3 Å². The van der Waals surface area contributed by atoms with Crippen molar-refractivity contribution in [2.24, 2.45) is 4.99 Å². The normalized spacial score (nSPS) is 10.3. The first-order valence-corrected chi connectivity index (χ1v) is 3.60. The van der Waals surface area contributed by atoms with Crippen LogP contribution in [0.2, 0.25) is 0 Å². The third-order valence-electron chi connectivity index (χ3n) is 1.34. The van der Waals surface area contributed by atoms with E-state index >= 15 is 0 Å². The molecule has 1 amide bonds. The van der Waals surface area contributed by atoms with Crippen molar-refractivity contribution in [3.05, 3.63) is 35.6 Å². The first-order valence-electron chi connectivity index (χ1n) is 3.60. The van der Waals surface area contributed by atoms with Crippen LogP contribution in [0.1, 0.15) is 5.56 Å². The quantitative estimate of drug-likeness (QED) is 0.621. The van der Waals surface area contributed by atoms with Gasteiger partial charge in [0.2, 0.25) is 0 Å². The van der Waals surface area contributed by atoms with Crippen LogP contribution in [0.3, 0.4) is 0 Å². The van der Waals surface area contributed by atoms with Gasteiger partial charge in [-0.1, -0.05) is 12.1 Å². The van der Waals surface area contributed by atoms with Crippen LogP contribution >= 0.6 is 0 Å². The molecule has 1 aromatic carbocycles. The SMILES string of the molecule is COC(=O)N=Cc1cccc(F)c1. The zero-order valence-electron chi connectivity index (χ0n) is 7.03. The van der Waals surface area contributed by atoms with Gasteiger partial charge in [-0.05, 0) is 17.7 Å². The van der Waals surface area contributed by atoms with Crippen molar-refractivity contribution >= 4 is 12.3 Å². The van der Waals surface area contributed by atoms with E-state index in [1.165, 1.54) is 31.5 Å². The Bertz CT molecular complexity index is 336. The molecule has 0 aliphatic rings. The molecule has 0 atom stereocenters. The molecule has 0 bridgehead atoms. The molecule has 3 nitrogen and oxygen atoms in total. The fraction of sp³-hybridized carbons (Fsp3) is 0.111. The van der Waals surface area contributed by atoms with E-state index in [2.05, 4.69) is 9.73 Å². The standard InChI is InChI=1S/C9H8FNO2/c1-13-9(12)11-6-7-3-2-4-8(10)5-7/h2-6H,1H3. The molecule has 13 heavy (non-hydrogen) atoms. The molecule has 0 aliphatic heterocycles. The summed E-state index contributed by atoms with van der Waals surface area (Å²) in [4.78, 5) is 14.0. The van der Waals surface area contributed by atoms with Crippen molar-refractivity contribution in [2.75, 3.05) is 7.11 Å². The summed E-state index contributed by atoms with van der Waals surface area (Å²) >= 11 is 0. The summed E-state index contributed by atoms with van der Waals surface area (Å²) in [6.45, 7) is 0. The predicted octanol–water partition coefficient (Wildman–Crippen LogP) is 2.01. The van der Waals surface area contributed by atoms with Crippen molar-refractivity contribution in [2.45, 2.75) is 0 Å². The molecule has 0 N–H and O–H groups in total. The molecule has 0 saturated carbocycles. The number of methoxy groups -OCH3 is 1. The highest BCUT2D eigenvalue weighted by Gasteiger charge is 1.94. The van der Waals surface area contributed by atoms with E-state index in [9.17, 15) is 9.18 Å². The minimum atomic E-state index is -0.704. The van der Waals surface area contributed by atoms with Crippen molar-refractivity contribution in [3.63, 3.8) is 0 Å². The molecule has 68 valence electrons. The summed E-state index contributed by atoms with van der Waals surface area (Å²) in [6.07, 6.45) is 0.541. The maximum absolute atomic E-state index is 12.6. The number of halogens is 1. The lowest BCUT2D eigenvalue weighted by atomic mass is 10.2. The number of amides is 1. The summed E-state index contributed by atoms with van der Waals surface area (Å²) < 4.78 is 16.9. The average molecular weight is 181 g/mol.